The molecule has 2 aromatic heterocycles. The van der Waals surface area contributed by atoms with Crippen LogP contribution in [0.3, 0.4) is 0 Å². The van der Waals surface area contributed by atoms with E-state index in [2.05, 4.69) is 20.3 Å². The van der Waals surface area contributed by atoms with Crippen molar-refractivity contribution in [3.05, 3.63) is 35.1 Å². The van der Waals surface area contributed by atoms with Gasteiger partial charge in [-0.2, -0.15) is 9.61 Å². The van der Waals surface area contributed by atoms with E-state index in [1.807, 2.05) is 24.3 Å². The molecule has 0 fully saturated rings. The molecule has 4 rings (SSSR count). The maximum atomic E-state index is 5.79. The number of rotatable bonds is 6. The van der Waals surface area contributed by atoms with Crippen LogP contribution < -0.4 is 9.47 Å². The summed E-state index contributed by atoms with van der Waals surface area (Å²) in [5, 5.41) is 13.8. The monoisotopic (exact) mass is 393 g/mol. The second-order valence-electron chi connectivity index (χ2n) is 5.06. The highest BCUT2D eigenvalue weighted by molar-refractivity contribution is 8.38. The fraction of sp³-hybridized carbons (Fsp3) is 0.333. The third kappa shape index (κ3) is 3.91. The van der Waals surface area contributed by atoms with Crippen LogP contribution >= 0.6 is 34.9 Å². The zero-order valence-corrected chi connectivity index (χ0v) is 15.9. The van der Waals surface area contributed by atoms with Gasteiger partial charge in [0.15, 0.2) is 10.8 Å². The topological polar surface area (TPSA) is 73.9 Å². The Morgan fingerprint density at radius 3 is 3.04 bits per heavy atom. The molecule has 0 atom stereocenters. The standard InChI is InChI=1S/C15H15N5O2S3/c1-21-10-3-2-4-11(7-10)22-8-13-19-20-12(17-18-14(20)25-13)9-24-15-16-5-6-23-15/h2-4,7H,5-6,8-9H2,1H3. The quantitative estimate of drug-likeness (QED) is 0.637. The van der Waals surface area contributed by atoms with Crippen molar-refractivity contribution in [2.45, 2.75) is 12.4 Å². The molecule has 0 aliphatic carbocycles. The largest absolute Gasteiger partial charge is 0.497 e. The lowest BCUT2D eigenvalue weighted by molar-refractivity contribution is 0.301. The summed E-state index contributed by atoms with van der Waals surface area (Å²) < 4.78 is 13.9. The van der Waals surface area contributed by atoms with Crippen molar-refractivity contribution < 1.29 is 9.47 Å². The smallest absolute Gasteiger partial charge is 0.234 e. The van der Waals surface area contributed by atoms with E-state index in [0.717, 1.165) is 44.0 Å². The van der Waals surface area contributed by atoms with Gasteiger partial charge in [0, 0.05) is 11.8 Å². The summed E-state index contributed by atoms with van der Waals surface area (Å²) in [6.07, 6.45) is 0. The lowest BCUT2D eigenvalue weighted by Crippen LogP contribution is -1.99. The Bertz CT molecular complexity index is 908. The third-order valence-electron chi connectivity index (χ3n) is 3.38. The molecule has 0 radical (unpaired) electrons. The lowest BCUT2D eigenvalue weighted by Gasteiger charge is -2.05. The summed E-state index contributed by atoms with van der Waals surface area (Å²) in [6, 6.07) is 7.52. The number of nitrogens with zero attached hydrogens (tertiary/aromatic N) is 5. The molecule has 0 spiro atoms. The molecule has 3 aromatic rings. The Morgan fingerprint density at radius 1 is 1.28 bits per heavy atom. The molecule has 130 valence electrons. The molecule has 0 amide bonds. The number of benzene rings is 1. The highest BCUT2D eigenvalue weighted by Gasteiger charge is 2.15. The van der Waals surface area contributed by atoms with Crippen LogP contribution in [0.5, 0.6) is 11.5 Å². The number of fused-ring (bicyclic) bond motifs is 1. The van der Waals surface area contributed by atoms with E-state index in [1.54, 1.807) is 35.1 Å². The average molecular weight is 394 g/mol. The average Bonchev–Trinajstić information content (AvgIpc) is 3.36. The Morgan fingerprint density at radius 2 is 2.20 bits per heavy atom. The molecule has 0 N–H and O–H groups in total. The van der Waals surface area contributed by atoms with Gasteiger partial charge >= 0.3 is 0 Å². The van der Waals surface area contributed by atoms with Crippen LogP contribution in [-0.4, -0.2) is 43.6 Å². The summed E-state index contributed by atoms with van der Waals surface area (Å²) in [5.74, 6) is 4.13. The Balaban J connectivity index is 1.42. The van der Waals surface area contributed by atoms with Crippen LogP contribution in [0, 0.1) is 0 Å². The third-order valence-corrected chi connectivity index (χ3v) is 6.50. The highest BCUT2D eigenvalue weighted by Crippen LogP contribution is 2.26. The van der Waals surface area contributed by atoms with E-state index in [0.29, 0.717) is 12.4 Å². The fourth-order valence-corrected chi connectivity index (χ4v) is 4.89. The van der Waals surface area contributed by atoms with Gasteiger partial charge in [0.1, 0.15) is 22.5 Å². The molecule has 1 aliphatic heterocycles. The zero-order chi connectivity index (χ0) is 17.1. The number of aromatic nitrogens is 4. The molecule has 0 unspecified atom stereocenters. The van der Waals surface area contributed by atoms with Crippen LogP contribution in [0.25, 0.3) is 4.96 Å². The number of hydrogen-bond acceptors (Lipinski definition) is 9. The van der Waals surface area contributed by atoms with Gasteiger partial charge in [0.2, 0.25) is 4.96 Å². The minimum Gasteiger partial charge on any atom is -0.497 e. The van der Waals surface area contributed by atoms with Gasteiger partial charge in [-0.25, -0.2) is 0 Å². The summed E-state index contributed by atoms with van der Waals surface area (Å²) in [4.78, 5) is 5.21. The van der Waals surface area contributed by atoms with Crippen molar-refractivity contribution in [1.29, 1.82) is 0 Å². The molecule has 0 saturated heterocycles. The van der Waals surface area contributed by atoms with E-state index in [9.17, 15) is 0 Å². The molecule has 0 bridgehead atoms. The Labute approximate surface area is 156 Å². The van der Waals surface area contributed by atoms with E-state index >= 15 is 0 Å². The molecule has 1 aliphatic rings. The van der Waals surface area contributed by atoms with Crippen molar-refractivity contribution >= 4 is 44.2 Å². The first-order valence-electron chi connectivity index (χ1n) is 7.59. The van der Waals surface area contributed by atoms with Crippen LogP contribution in [-0.2, 0) is 12.4 Å². The maximum Gasteiger partial charge on any atom is 0.234 e. The normalized spacial score (nSPS) is 14.0. The molecule has 10 heteroatoms. The van der Waals surface area contributed by atoms with Crippen LogP contribution in [0.1, 0.15) is 10.8 Å². The van der Waals surface area contributed by atoms with Crippen molar-refractivity contribution in [2.24, 2.45) is 4.99 Å². The molecule has 25 heavy (non-hydrogen) atoms. The number of hydrogen-bond donors (Lipinski definition) is 0. The van der Waals surface area contributed by atoms with E-state index in [1.165, 1.54) is 11.3 Å². The summed E-state index contributed by atoms with van der Waals surface area (Å²) in [7, 11) is 1.64. The minimum absolute atomic E-state index is 0.385. The minimum atomic E-state index is 0.385. The van der Waals surface area contributed by atoms with E-state index < -0.39 is 0 Å². The van der Waals surface area contributed by atoms with Gasteiger partial charge in [-0.15, -0.1) is 10.2 Å². The van der Waals surface area contributed by atoms with Crippen molar-refractivity contribution in [2.75, 3.05) is 19.4 Å². The maximum absolute atomic E-state index is 5.79. The van der Waals surface area contributed by atoms with Crippen LogP contribution in [0.15, 0.2) is 29.3 Å². The second-order valence-corrected chi connectivity index (χ2v) is 8.41. The number of ether oxygens (including phenoxy) is 2. The Kier molecular flexibility index (Phi) is 5.09. The van der Waals surface area contributed by atoms with E-state index in [4.69, 9.17) is 9.47 Å². The van der Waals surface area contributed by atoms with Crippen LogP contribution in [0.4, 0.5) is 0 Å². The zero-order valence-electron chi connectivity index (χ0n) is 13.4. The van der Waals surface area contributed by atoms with Gasteiger partial charge in [-0.05, 0) is 12.1 Å². The molecule has 1 aromatic carbocycles. The fourth-order valence-electron chi connectivity index (χ4n) is 2.21. The van der Waals surface area contributed by atoms with Gasteiger partial charge in [-0.1, -0.05) is 40.9 Å². The predicted octanol–water partition coefficient (Wildman–Crippen LogP) is 3.11. The van der Waals surface area contributed by atoms with Gasteiger partial charge in [0.25, 0.3) is 0 Å². The first kappa shape index (κ1) is 16.7. The molecule has 7 nitrogen and oxygen atoms in total. The SMILES string of the molecule is COc1cccc(OCc2nn3c(CSC4=NCCS4)nnc3s2)c1. The molecule has 0 saturated carbocycles. The first-order chi connectivity index (χ1) is 12.3. The van der Waals surface area contributed by atoms with E-state index in [-0.39, 0.29) is 0 Å². The molecular formula is C15H15N5O2S3. The molecule has 3 heterocycles. The summed E-state index contributed by atoms with van der Waals surface area (Å²) in [6.45, 7) is 1.29. The number of thioether (sulfide) groups is 2. The van der Waals surface area contributed by atoms with Gasteiger partial charge in [-0.3, -0.25) is 4.99 Å². The van der Waals surface area contributed by atoms with Crippen molar-refractivity contribution in [3.63, 3.8) is 0 Å². The number of methoxy groups -OCH3 is 1. The second kappa shape index (κ2) is 7.63. The predicted molar refractivity (Wildman–Crippen MR) is 102 cm³/mol. The number of aliphatic imine (C=N–C) groups is 1. The Hall–Kier alpha value is -1.78. The van der Waals surface area contributed by atoms with Gasteiger partial charge in [0.05, 0.1) is 19.4 Å². The molecular weight excluding hydrogens is 378 g/mol. The summed E-state index contributed by atoms with van der Waals surface area (Å²) >= 11 is 4.96. The van der Waals surface area contributed by atoms with Crippen molar-refractivity contribution in [1.82, 2.24) is 19.8 Å². The van der Waals surface area contributed by atoms with Crippen LogP contribution in [0.2, 0.25) is 0 Å². The lowest BCUT2D eigenvalue weighted by atomic mass is 10.3. The summed E-state index contributed by atoms with van der Waals surface area (Å²) in [5.41, 5.74) is 0. The van der Waals surface area contributed by atoms with Gasteiger partial charge < -0.3 is 9.47 Å². The first-order valence-corrected chi connectivity index (χ1v) is 10.4. The highest BCUT2D eigenvalue weighted by atomic mass is 32.2. The van der Waals surface area contributed by atoms with Crippen molar-refractivity contribution in [3.8, 4) is 11.5 Å².